The first-order chi connectivity index (χ1) is 10.9. The molecular weight excluding hydrogens is 280 g/mol. The Morgan fingerprint density at radius 3 is 2.91 bits per heavy atom. The number of rotatable bonds is 5. The summed E-state index contributed by atoms with van der Waals surface area (Å²) in [5, 5.41) is 15.2. The first-order valence-electron chi connectivity index (χ1n) is 7.83. The van der Waals surface area contributed by atoms with Gasteiger partial charge in [0.2, 0.25) is 5.95 Å². The number of morpholine rings is 1. The number of para-hydroxylation sites is 1. The van der Waals surface area contributed by atoms with E-state index < -0.39 is 0 Å². The maximum atomic E-state index is 5.85. The molecule has 1 aromatic carbocycles. The van der Waals surface area contributed by atoms with Crippen LogP contribution in [0, 0.1) is 0 Å². The molecule has 22 heavy (non-hydrogen) atoms. The third-order valence-corrected chi connectivity index (χ3v) is 4.19. The van der Waals surface area contributed by atoms with Gasteiger partial charge in [0.25, 0.3) is 0 Å². The van der Waals surface area contributed by atoms with Gasteiger partial charge in [0.15, 0.2) is 0 Å². The van der Waals surface area contributed by atoms with E-state index in [0.717, 1.165) is 38.0 Å². The lowest BCUT2D eigenvalue weighted by Gasteiger charge is -2.33. The molecule has 0 bridgehead atoms. The van der Waals surface area contributed by atoms with Crippen molar-refractivity contribution in [1.29, 1.82) is 0 Å². The van der Waals surface area contributed by atoms with Gasteiger partial charge < -0.3 is 10.1 Å². The number of aromatic nitrogens is 4. The largest absolute Gasteiger partial charge is 0.374 e. The summed E-state index contributed by atoms with van der Waals surface area (Å²) in [4.78, 5) is 2.54. The van der Waals surface area contributed by atoms with E-state index in [1.54, 1.807) is 4.68 Å². The molecule has 7 nitrogen and oxygen atoms in total. The number of tetrazole rings is 1. The second-order valence-corrected chi connectivity index (χ2v) is 5.85. The topological polar surface area (TPSA) is 68.1 Å². The summed E-state index contributed by atoms with van der Waals surface area (Å²) in [6.45, 7) is 3.58. The highest BCUT2D eigenvalue weighted by Gasteiger charge is 2.32. The first-order valence-corrected chi connectivity index (χ1v) is 7.83. The molecule has 1 aliphatic carbocycles. The van der Waals surface area contributed by atoms with Crippen LogP contribution in [0.15, 0.2) is 30.3 Å². The van der Waals surface area contributed by atoms with Gasteiger partial charge in [-0.1, -0.05) is 23.3 Å². The molecule has 0 spiro atoms. The molecular formula is C15H20N6O. The Morgan fingerprint density at radius 1 is 1.23 bits per heavy atom. The average Bonchev–Trinajstić information content (AvgIpc) is 3.32. The van der Waals surface area contributed by atoms with Crippen LogP contribution in [0.25, 0.3) is 5.69 Å². The zero-order valence-corrected chi connectivity index (χ0v) is 12.4. The van der Waals surface area contributed by atoms with Crippen LogP contribution in [0.3, 0.4) is 0 Å². The quantitative estimate of drug-likeness (QED) is 0.886. The Hall–Kier alpha value is -1.99. The number of nitrogens with zero attached hydrogens (tertiary/aromatic N) is 5. The highest BCUT2D eigenvalue weighted by atomic mass is 16.5. The highest BCUT2D eigenvalue weighted by Crippen LogP contribution is 2.28. The number of nitrogens with one attached hydrogen (secondary N) is 1. The van der Waals surface area contributed by atoms with Crippen molar-refractivity contribution < 1.29 is 4.74 Å². The van der Waals surface area contributed by atoms with Gasteiger partial charge in [0, 0.05) is 25.7 Å². The van der Waals surface area contributed by atoms with Gasteiger partial charge in [-0.25, -0.2) is 0 Å². The van der Waals surface area contributed by atoms with E-state index >= 15 is 0 Å². The predicted molar refractivity (Wildman–Crippen MR) is 82.0 cm³/mol. The molecule has 1 saturated heterocycles. The van der Waals surface area contributed by atoms with Crippen molar-refractivity contribution in [3.05, 3.63) is 30.3 Å². The van der Waals surface area contributed by atoms with Crippen LogP contribution in [-0.2, 0) is 4.74 Å². The predicted octanol–water partition coefficient (Wildman–Crippen LogP) is 0.937. The Bertz CT molecular complexity index is 612. The van der Waals surface area contributed by atoms with E-state index in [2.05, 4.69) is 25.7 Å². The summed E-state index contributed by atoms with van der Waals surface area (Å²) in [6.07, 6.45) is 2.87. The van der Waals surface area contributed by atoms with E-state index in [4.69, 9.17) is 4.74 Å². The van der Waals surface area contributed by atoms with Gasteiger partial charge in [-0.15, -0.1) is 0 Å². The van der Waals surface area contributed by atoms with Crippen molar-refractivity contribution in [2.45, 2.75) is 25.0 Å². The van der Waals surface area contributed by atoms with Crippen LogP contribution in [0.2, 0.25) is 0 Å². The number of hydrogen-bond acceptors (Lipinski definition) is 6. The Labute approximate surface area is 129 Å². The number of ether oxygens (including phenoxy) is 1. The molecule has 2 fully saturated rings. The molecule has 4 rings (SSSR count). The average molecular weight is 300 g/mol. The maximum Gasteiger partial charge on any atom is 0.247 e. The fourth-order valence-electron chi connectivity index (χ4n) is 2.88. The van der Waals surface area contributed by atoms with Crippen molar-refractivity contribution in [1.82, 2.24) is 25.1 Å². The summed E-state index contributed by atoms with van der Waals surface area (Å²) >= 11 is 0. The van der Waals surface area contributed by atoms with Crippen LogP contribution in [-0.4, -0.2) is 63.5 Å². The Balaban J connectivity index is 1.39. The summed E-state index contributed by atoms with van der Waals surface area (Å²) in [5.74, 6) is 0.651. The second kappa shape index (κ2) is 6.02. The molecule has 116 valence electrons. The van der Waals surface area contributed by atoms with E-state index in [1.807, 2.05) is 30.3 Å². The van der Waals surface area contributed by atoms with E-state index in [-0.39, 0.29) is 6.10 Å². The second-order valence-electron chi connectivity index (χ2n) is 5.85. The normalized spacial score (nSPS) is 22.6. The minimum Gasteiger partial charge on any atom is -0.374 e. The molecule has 1 aliphatic heterocycles. The van der Waals surface area contributed by atoms with Crippen LogP contribution in [0.1, 0.15) is 12.8 Å². The molecule has 1 aromatic heterocycles. The third kappa shape index (κ3) is 2.95. The van der Waals surface area contributed by atoms with Gasteiger partial charge >= 0.3 is 0 Å². The number of anilines is 1. The zero-order valence-electron chi connectivity index (χ0n) is 12.4. The van der Waals surface area contributed by atoms with E-state index in [1.165, 1.54) is 12.8 Å². The lowest BCUT2D eigenvalue weighted by atomic mass is 10.2. The standard InChI is InChI=1S/C15H20N6O/c1-2-4-13(5-3-1)21-15(17-18-19-21)16-10-14-11-20(8-9-22-14)12-6-7-12/h1-5,12,14H,6-11H2,(H,16,17,19). The van der Waals surface area contributed by atoms with Crippen molar-refractivity contribution in [3.8, 4) is 5.69 Å². The zero-order chi connectivity index (χ0) is 14.8. The van der Waals surface area contributed by atoms with Crippen LogP contribution in [0.4, 0.5) is 5.95 Å². The van der Waals surface area contributed by atoms with Crippen LogP contribution < -0.4 is 5.32 Å². The molecule has 1 atom stereocenters. The highest BCUT2D eigenvalue weighted by molar-refractivity contribution is 5.38. The lowest BCUT2D eigenvalue weighted by molar-refractivity contribution is -0.0242. The molecule has 2 aromatic rings. The van der Waals surface area contributed by atoms with Gasteiger partial charge in [-0.2, -0.15) is 4.68 Å². The molecule has 1 N–H and O–H groups in total. The van der Waals surface area contributed by atoms with E-state index in [0.29, 0.717) is 5.95 Å². The number of benzene rings is 1. The maximum absolute atomic E-state index is 5.85. The fraction of sp³-hybridized carbons (Fsp3) is 0.533. The Kier molecular flexibility index (Phi) is 3.74. The molecule has 2 heterocycles. The molecule has 2 aliphatic rings. The van der Waals surface area contributed by atoms with Crippen molar-refractivity contribution in [2.24, 2.45) is 0 Å². The molecule has 1 saturated carbocycles. The summed E-state index contributed by atoms with van der Waals surface area (Å²) < 4.78 is 7.56. The van der Waals surface area contributed by atoms with Crippen LogP contribution >= 0.6 is 0 Å². The van der Waals surface area contributed by atoms with Gasteiger partial charge in [0.1, 0.15) is 0 Å². The molecule has 1 unspecified atom stereocenters. The third-order valence-electron chi connectivity index (χ3n) is 4.19. The molecule has 0 radical (unpaired) electrons. The smallest absolute Gasteiger partial charge is 0.247 e. The minimum absolute atomic E-state index is 0.190. The Morgan fingerprint density at radius 2 is 2.09 bits per heavy atom. The lowest BCUT2D eigenvalue weighted by Crippen LogP contribution is -2.46. The summed E-state index contributed by atoms with van der Waals surface area (Å²) in [7, 11) is 0. The summed E-state index contributed by atoms with van der Waals surface area (Å²) in [5.41, 5.74) is 0.944. The monoisotopic (exact) mass is 300 g/mol. The fourth-order valence-corrected chi connectivity index (χ4v) is 2.88. The van der Waals surface area contributed by atoms with Gasteiger partial charge in [-0.05, 0) is 35.4 Å². The van der Waals surface area contributed by atoms with Crippen molar-refractivity contribution in [3.63, 3.8) is 0 Å². The number of hydrogen-bond donors (Lipinski definition) is 1. The first kappa shape index (κ1) is 13.7. The van der Waals surface area contributed by atoms with E-state index in [9.17, 15) is 0 Å². The SMILES string of the molecule is c1ccc(-n2nnnc2NCC2CN(C3CC3)CCO2)cc1. The molecule has 0 amide bonds. The van der Waals surface area contributed by atoms with Gasteiger partial charge in [-0.3, -0.25) is 4.90 Å². The van der Waals surface area contributed by atoms with Crippen LogP contribution in [0.5, 0.6) is 0 Å². The van der Waals surface area contributed by atoms with Crippen molar-refractivity contribution >= 4 is 5.95 Å². The summed E-state index contributed by atoms with van der Waals surface area (Å²) in [6, 6.07) is 10.7. The van der Waals surface area contributed by atoms with Gasteiger partial charge in [0.05, 0.1) is 18.4 Å². The molecule has 7 heteroatoms. The van der Waals surface area contributed by atoms with Crippen molar-refractivity contribution in [2.75, 3.05) is 31.6 Å². The minimum atomic E-state index is 0.190.